The number of piperidine rings is 1. The van der Waals surface area contributed by atoms with E-state index in [-0.39, 0.29) is 5.41 Å². The van der Waals surface area contributed by atoms with Crippen molar-refractivity contribution in [2.75, 3.05) is 13.1 Å². The molecule has 1 atom stereocenters. The van der Waals surface area contributed by atoms with E-state index < -0.39 is 0 Å². The molecule has 3 nitrogen and oxygen atoms in total. The Morgan fingerprint density at radius 1 is 0.818 bits per heavy atom. The molecule has 3 heteroatoms. The molecule has 168 valence electrons. The largest absolute Gasteiger partial charge is 0.297 e. The van der Waals surface area contributed by atoms with Crippen molar-refractivity contribution in [2.24, 2.45) is 0 Å². The van der Waals surface area contributed by atoms with Crippen molar-refractivity contribution in [1.82, 2.24) is 15.1 Å². The fourth-order valence-electron chi connectivity index (χ4n) is 5.34. The molecule has 0 aliphatic carbocycles. The first-order chi connectivity index (χ1) is 16.2. The fraction of sp³-hybridized carbons (Fsp3) is 0.300. The molecule has 0 radical (unpaired) electrons. The number of benzene rings is 3. The van der Waals surface area contributed by atoms with Crippen molar-refractivity contribution in [1.29, 1.82) is 0 Å². The highest BCUT2D eigenvalue weighted by Gasteiger charge is 2.40. The quantitative estimate of drug-likeness (QED) is 0.367. The molecule has 1 aliphatic heterocycles. The molecule has 1 N–H and O–H groups in total. The molecule has 1 saturated heterocycles. The van der Waals surface area contributed by atoms with Crippen molar-refractivity contribution in [3.05, 3.63) is 125 Å². The number of hydrogen-bond acceptors (Lipinski definition) is 2. The highest BCUT2D eigenvalue weighted by molar-refractivity contribution is 5.37. The van der Waals surface area contributed by atoms with Crippen molar-refractivity contribution >= 4 is 0 Å². The average molecular weight is 436 g/mol. The smallest absolute Gasteiger partial charge is 0.0731 e. The second kappa shape index (κ2) is 9.76. The van der Waals surface area contributed by atoms with E-state index in [1.54, 1.807) is 0 Å². The van der Waals surface area contributed by atoms with Gasteiger partial charge in [-0.1, -0.05) is 91.0 Å². The van der Waals surface area contributed by atoms with E-state index in [9.17, 15) is 0 Å². The number of hydrogen-bond donors (Lipinski definition) is 1. The van der Waals surface area contributed by atoms with Crippen LogP contribution in [0, 0.1) is 0 Å². The molecule has 5 rings (SSSR count). The predicted molar refractivity (Wildman–Crippen MR) is 135 cm³/mol. The van der Waals surface area contributed by atoms with E-state index >= 15 is 0 Å². The Morgan fingerprint density at radius 2 is 1.42 bits per heavy atom. The van der Waals surface area contributed by atoms with E-state index in [1.807, 2.05) is 0 Å². The van der Waals surface area contributed by atoms with Crippen molar-refractivity contribution in [2.45, 2.75) is 44.1 Å². The van der Waals surface area contributed by atoms with Crippen LogP contribution in [0.4, 0.5) is 0 Å². The third kappa shape index (κ3) is 4.65. The molecule has 1 aliphatic rings. The van der Waals surface area contributed by atoms with Gasteiger partial charge in [-0.05, 0) is 68.5 Å². The maximum Gasteiger partial charge on any atom is 0.0731 e. The van der Waals surface area contributed by atoms with E-state index in [4.69, 9.17) is 5.10 Å². The molecule has 0 saturated carbocycles. The Bertz CT molecular complexity index is 1130. The van der Waals surface area contributed by atoms with Gasteiger partial charge in [0.05, 0.1) is 5.69 Å². The molecular formula is C30H33N3. The third-order valence-electron chi connectivity index (χ3n) is 7.45. The zero-order valence-electron chi connectivity index (χ0n) is 19.5. The summed E-state index contributed by atoms with van der Waals surface area (Å²) in [5, 5.41) is 8.25. The van der Waals surface area contributed by atoms with Crippen LogP contribution in [0.5, 0.6) is 0 Å². The minimum absolute atomic E-state index is 0.0321. The number of aryl methyl sites for hydroxylation is 2. The molecule has 1 unspecified atom stereocenters. The lowest BCUT2D eigenvalue weighted by molar-refractivity contribution is 0.135. The third-order valence-corrected chi connectivity index (χ3v) is 7.45. The van der Waals surface area contributed by atoms with Gasteiger partial charge < -0.3 is 0 Å². The van der Waals surface area contributed by atoms with Crippen LogP contribution in [0.2, 0.25) is 0 Å². The SMILES string of the molecule is CC(c1ccccc1)N1CCC(c2ccccc2)(c2cc(CCc3ccccc3)[nH]n2)CC1. The lowest BCUT2D eigenvalue weighted by Gasteiger charge is -2.43. The van der Waals surface area contributed by atoms with Gasteiger partial charge in [0.1, 0.15) is 0 Å². The minimum atomic E-state index is -0.0321. The normalized spacial score (nSPS) is 17.0. The summed E-state index contributed by atoms with van der Waals surface area (Å²) in [6.07, 6.45) is 4.18. The topological polar surface area (TPSA) is 31.9 Å². The van der Waals surface area contributed by atoms with Gasteiger partial charge >= 0.3 is 0 Å². The van der Waals surface area contributed by atoms with E-state index in [0.717, 1.165) is 38.8 Å². The Balaban J connectivity index is 1.36. The monoisotopic (exact) mass is 435 g/mol. The number of likely N-dealkylation sites (tertiary alicyclic amines) is 1. The molecule has 3 aromatic carbocycles. The van der Waals surface area contributed by atoms with Crippen molar-refractivity contribution in [3.63, 3.8) is 0 Å². The van der Waals surface area contributed by atoms with Crippen molar-refractivity contribution < 1.29 is 0 Å². The molecule has 0 amide bonds. The standard InChI is InChI=1S/C30H33N3/c1-24(26-13-7-3-8-14-26)33-21-19-30(20-22-33,27-15-9-4-10-16-27)29-23-28(31-32-29)18-17-25-11-5-2-6-12-25/h2-16,23-24H,17-22H2,1H3,(H,31,32). The van der Waals surface area contributed by atoms with Crippen LogP contribution in [0.15, 0.2) is 97.1 Å². The summed E-state index contributed by atoms with van der Waals surface area (Å²) < 4.78 is 0. The van der Waals surface area contributed by atoms with Gasteiger partial charge in [0.2, 0.25) is 0 Å². The summed E-state index contributed by atoms with van der Waals surface area (Å²) in [5.41, 5.74) is 6.55. The highest BCUT2D eigenvalue weighted by atomic mass is 15.2. The molecule has 33 heavy (non-hydrogen) atoms. The Labute approximate surface area is 197 Å². The first-order valence-electron chi connectivity index (χ1n) is 12.2. The zero-order valence-corrected chi connectivity index (χ0v) is 19.5. The van der Waals surface area contributed by atoms with Gasteiger partial charge in [-0.25, -0.2) is 0 Å². The van der Waals surface area contributed by atoms with Crippen LogP contribution in [-0.4, -0.2) is 28.2 Å². The molecule has 4 aromatic rings. The van der Waals surface area contributed by atoms with Gasteiger partial charge in [-0.2, -0.15) is 5.10 Å². The molecule has 1 fully saturated rings. The predicted octanol–water partition coefficient (Wildman–Crippen LogP) is 6.34. The van der Waals surface area contributed by atoms with Crippen LogP contribution in [0.1, 0.15) is 53.9 Å². The van der Waals surface area contributed by atoms with E-state index in [2.05, 4.69) is 114 Å². The number of aromatic amines is 1. The Morgan fingerprint density at radius 3 is 2.09 bits per heavy atom. The number of nitrogens with zero attached hydrogens (tertiary/aromatic N) is 2. The molecule has 1 aromatic heterocycles. The van der Waals surface area contributed by atoms with E-state index in [1.165, 1.54) is 28.1 Å². The van der Waals surface area contributed by atoms with Gasteiger partial charge in [0.15, 0.2) is 0 Å². The van der Waals surface area contributed by atoms with Gasteiger partial charge in [-0.15, -0.1) is 0 Å². The first kappa shape index (κ1) is 21.7. The second-order valence-electron chi connectivity index (χ2n) is 9.33. The Kier molecular flexibility index (Phi) is 6.41. The van der Waals surface area contributed by atoms with Gasteiger partial charge in [0.25, 0.3) is 0 Å². The minimum Gasteiger partial charge on any atom is -0.297 e. The average Bonchev–Trinajstić information content (AvgIpc) is 3.38. The number of H-pyrrole nitrogens is 1. The summed E-state index contributed by atoms with van der Waals surface area (Å²) in [4.78, 5) is 2.62. The summed E-state index contributed by atoms with van der Waals surface area (Å²) >= 11 is 0. The van der Waals surface area contributed by atoms with Gasteiger partial charge in [-0.3, -0.25) is 10.00 Å². The number of nitrogens with one attached hydrogen (secondary N) is 1. The Hall–Kier alpha value is -3.17. The molecule has 2 heterocycles. The summed E-state index contributed by atoms with van der Waals surface area (Å²) in [7, 11) is 0. The van der Waals surface area contributed by atoms with E-state index in [0.29, 0.717) is 6.04 Å². The summed E-state index contributed by atoms with van der Waals surface area (Å²) in [6, 6.07) is 35.4. The van der Waals surface area contributed by atoms with Crippen LogP contribution in [-0.2, 0) is 18.3 Å². The fourth-order valence-corrected chi connectivity index (χ4v) is 5.34. The van der Waals surface area contributed by atoms with Crippen LogP contribution in [0.25, 0.3) is 0 Å². The zero-order chi connectivity index (χ0) is 22.5. The van der Waals surface area contributed by atoms with Crippen LogP contribution in [0.3, 0.4) is 0 Å². The highest BCUT2D eigenvalue weighted by Crippen LogP contribution is 2.42. The number of rotatable bonds is 7. The maximum absolute atomic E-state index is 4.89. The second-order valence-corrected chi connectivity index (χ2v) is 9.33. The summed E-state index contributed by atoms with van der Waals surface area (Å²) in [5.74, 6) is 0. The molecule has 0 spiro atoms. The van der Waals surface area contributed by atoms with Crippen molar-refractivity contribution in [3.8, 4) is 0 Å². The van der Waals surface area contributed by atoms with Gasteiger partial charge in [0, 0.05) is 17.2 Å². The lowest BCUT2D eigenvalue weighted by Crippen LogP contribution is -2.44. The molecule has 0 bridgehead atoms. The molecular weight excluding hydrogens is 402 g/mol. The van der Waals surface area contributed by atoms with Crippen LogP contribution < -0.4 is 0 Å². The maximum atomic E-state index is 4.89. The van der Waals surface area contributed by atoms with Crippen LogP contribution >= 0.6 is 0 Å². The lowest BCUT2D eigenvalue weighted by atomic mass is 9.70. The summed E-state index contributed by atoms with van der Waals surface area (Å²) in [6.45, 7) is 4.47. The first-order valence-corrected chi connectivity index (χ1v) is 12.2. The number of aromatic nitrogens is 2.